The Balaban J connectivity index is 1.86. The van der Waals surface area contributed by atoms with Crippen LogP contribution < -0.4 is 18.9 Å². The van der Waals surface area contributed by atoms with Gasteiger partial charge in [0, 0.05) is 36.2 Å². The van der Waals surface area contributed by atoms with E-state index in [1.165, 1.54) is 36.6 Å². The molecule has 210 valence electrons. The molecular weight excluding hydrogens is 554 g/mol. The van der Waals surface area contributed by atoms with E-state index < -0.39 is 33.7 Å². The molecule has 0 aliphatic heterocycles. The lowest BCUT2D eigenvalue weighted by atomic mass is 10.1. The van der Waals surface area contributed by atoms with Crippen molar-refractivity contribution in [3.8, 4) is 11.5 Å². The summed E-state index contributed by atoms with van der Waals surface area (Å²) in [5.41, 5.74) is 1.30. The van der Waals surface area contributed by atoms with Crippen molar-refractivity contribution in [2.75, 3.05) is 27.8 Å². The number of carbonyl (C=O) groups is 2. The Morgan fingerprint density at radius 3 is 2.23 bits per heavy atom. The molecule has 1 aromatic heterocycles. The Hall–Kier alpha value is -3.62. The summed E-state index contributed by atoms with van der Waals surface area (Å²) in [6, 6.07) is 6.41. The first-order valence-corrected chi connectivity index (χ1v) is 14.0. The largest absolute Gasteiger partial charge is 0.496 e. The lowest BCUT2D eigenvalue weighted by Gasteiger charge is -2.23. The Morgan fingerprint density at radius 1 is 1.05 bits per heavy atom. The van der Waals surface area contributed by atoms with E-state index in [0.29, 0.717) is 40.5 Å². The van der Waals surface area contributed by atoms with E-state index in [-0.39, 0.29) is 24.3 Å². The number of benzene rings is 2. The molecule has 0 saturated carbocycles. The molecule has 2 N–H and O–H groups in total. The number of aromatic nitrogens is 1. The van der Waals surface area contributed by atoms with Crippen molar-refractivity contribution in [2.45, 2.75) is 26.3 Å². The van der Waals surface area contributed by atoms with Gasteiger partial charge in [0.05, 0.1) is 20.8 Å². The molecule has 0 fully saturated rings. The number of methoxy groups -OCH3 is 2. The number of aryl methyl sites for hydroxylation is 1. The summed E-state index contributed by atoms with van der Waals surface area (Å²) in [6.07, 6.45) is 0.667. The third-order valence-electron chi connectivity index (χ3n) is 5.71. The highest BCUT2D eigenvalue weighted by atomic mass is 32.2. The van der Waals surface area contributed by atoms with E-state index in [1.54, 1.807) is 19.1 Å². The number of amides is 2. The number of hydrogen-bond acceptors (Lipinski definition) is 8. The minimum absolute atomic E-state index is 0.00836. The van der Waals surface area contributed by atoms with E-state index in [0.717, 1.165) is 24.5 Å². The van der Waals surface area contributed by atoms with Gasteiger partial charge in [0.2, 0.25) is 0 Å². The Labute approximate surface area is 229 Å². The van der Waals surface area contributed by atoms with Gasteiger partial charge in [-0.3, -0.25) is 9.59 Å². The third kappa shape index (κ3) is 7.94. The molecule has 0 unspecified atom stereocenters. The smallest absolute Gasteiger partial charge is 0.301 e. The normalized spacial score (nSPS) is 11.2. The van der Waals surface area contributed by atoms with Crippen molar-refractivity contribution in [3.63, 3.8) is 0 Å². The second-order valence-corrected chi connectivity index (χ2v) is 10.9. The predicted molar refractivity (Wildman–Crippen MR) is 141 cm³/mol. The Morgan fingerprint density at radius 2 is 1.67 bits per heavy atom. The predicted octanol–water partition coefficient (Wildman–Crippen LogP) is 3.22. The SMILES string of the molecule is CNS(=O)(=O)NC(=O)c1csc(CN(CCCc2cc(F)cc(F)c2)C(=O)c2cc(OC)c(C)c(OC)c2)n1. The highest BCUT2D eigenvalue weighted by Gasteiger charge is 2.22. The molecule has 0 radical (unpaired) electrons. The fourth-order valence-electron chi connectivity index (χ4n) is 3.75. The number of rotatable bonds is 12. The molecule has 0 atom stereocenters. The lowest BCUT2D eigenvalue weighted by Crippen LogP contribution is -2.38. The second-order valence-electron chi connectivity index (χ2n) is 8.38. The molecule has 3 rings (SSSR count). The first-order valence-electron chi connectivity index (χ1n) is 11.6. The van der Waals surface area contributed by atoms with Crippen molar-refractivity contribution in [3.05, 3.63) is 74.7 Å². The maximum Gasteiger partial charge on any atom is 0.301 e. The van der Waals surface area contributed by atoms with Gasteiger partial charge in [-0.25, -0.2) is 23.2 Å². The molecule has 0 saturated heterocycles. The molecule has 10 nitrogen and oxygen atoms in total. The molecule has 0 spiro atoms. The molecule has 2 amide bonds. The zero-order chi connectivity index (χ0) is 28.7. The summed E-state index contributed by atoms with van der Waals surface area (Å²) in [5, 5.41) is 1.75. The molecule has 39 heavy (non-hydrogen) atoms. The average Bonchev–Trinajstić information content (AvgIpc) is 3.36. The maximum atomic E-state index is 13.6. The first kappa shape index (κ1) is 29.9. The average molecular weight is 583 g/mol. The zero-order valence-electron chi connectivity index (χ0n) is 21.7. The van der Waals surface area contributed by atoms with Gasteiger partial charge >= 0.3 is 10.2 Å². The van der Waals surface area contributed by atoms with Crippen LogP contribution in [0.1, 0.15) is 43.4 Å². The van der Waals surface area contributed by atoms with Crippen LogP contribution in [0.25, 0.3) is 0 Å². The topological polar surface area (TPSA) is 127 Å². The van der Waals surface area contributed by atoms with Crippen LogP contribution in [0, 0.1) is 18.6 Å². The number of nitrogens with zero attached hydrogens (tertiary/aromatic N) is 2. The molecule has 0 aliphatic rings. The summed E-state index contributed by atoms with van der Waals surface area (Å²) in [7, 11) is 0.0826. The van der Waals surface area contributed by atoms with Gasteiger partial charge in [0.1, 0.15) is 33.8 Å². The van der Waals surface area contributed by atoms with Gasteiger partial charge in [-0.05, 0) is 49.6 Å². The van der Waals surface area contributed by atoms with E-state index in [9.17, 15) is 26.8 Å². The molecule has 14 heteroatoms. The summed E-state index contributed by atoms with van der Waals surface area (Å²) >= 11 is 1.07. The minimum Gasteiger partial charge on any atom is -0.496 e. The summed E-state index contributed by atoms with van der Waals surface area (Å²) in [5.74, 6) is -1.79. The highest BCUT2D eigenvalue weighted by molar-refractivity contribution is 7.88. The van der Waals surface area contributed by atoms with Crippen molar-refractivity contribution in [2.24, 2.45) is 0 Å². The number of thiazole rings is 1. The van der Waals surface area contributed by atoms with Crippen molar-refractivity contribution in [1.29, 1.82) is 0 Å². The zero-order valence-corrected chi connectivity index (χ0v) is 23.3. The minimum atomic E-state index is -4.02. The fraction of sp³-hybridized carbons (Fsp3) is 0.320. The monoisotopic (exact) mass is 582 g/mol. The van der Waals surface area contributed by atoms with Crippen LogP contribution >= 0.6 is 11.3 Å². The molecule has 0 aliphatic carbocycles. The number of halogens is 2. The second kappa shape index (κ2) is 13.0. The Kier molecular flexibility index (Phi) is 9.94. The van der Waals surface area contributed by atoms with Crippen LogP contribution in [0.15, 0.2) is 35.7 Å². The van der Waals surface area contributed by atoms with Gasteiger partial charge in [-0.1, -0.05) is 0 Å². The van der Waals surface area contributed by atoms with E-state index in [4.69, 9.17) is 9.47 Å². The first-order chi connectivity index (χ1) is 18.5. The summed E-state index contributed by atoms with van der Waals surface area (Å²) < 4.78 is 65.1. The van der Waals surface area contributed by atoms with Crippen molar-refractivity contribution < 1.29 is 36.3 Å². The van der Waals surface area contributed by atoms with Gasteiger partial charge in [-0.15, -0.1) is 11.3 Å². The fourth-order valence-corrected chi connectivity index (χ4v) is 4.99. The molecular formula is C25H28F2N4O6S2. The van der Waals surface area contributed by atoms with Crippen molar-refractivity contribution in [1.82, 2.24) is 19.3 Å². The van der Waals surface area contributed by atoms with Crippen LogP contribution in [-0.4, -0.2) is 57.9 Å². The van der Waals surface area contributed by atoms with Crippen LogP contribution in [0.4, 0.5) is 8.78 Å². The van der Waals surface area contributed by atoms with Gasteiger partial charge in [-0.2, -0.15) is 8.42 Å². The van der Waals surface area contributed by atoms with Crippen molar-refractivity contribution >= 4 is 33.4 Å². The molecule has 3 aromatic rings. The number of nitrogens with one attached hydrogen (secondary N) is 2. The molecule has 1 heterocycles. The molecule has 2 aromatic carbocycles. The summed E-state index contributed by atoms with van der Waals surface area (Å²) in [4.78, 5) is 31.6. The lowest BCUT2D eigenvalue weighted by molar-refractivity contribution is 0.0740. The quantitative estimate of drug-likeness (QED) is 0.336. The number of hydrogen-bond donors (Lipinski definition) is 2. The Bertz CT molecular complexity index is 1420. The van der Waals surface area contributed by atoms with E-state index >= 15 is 0 Å². The van der Waals surface area contributed by atoms with E-state index in [1.807, 2.05) is 9.44 Å². The van der Waals surface area contributed by atoms with Crippen LogP contribution in [0.2, 0.25) is 0 Å². The third-order valence-corrected chi connectivity index (χ3v) is 7.53. The van der Waals surface area contributed by atoms with E-state index in [2.05, 4.69) is 4.98 Å². The number of carbonyl (C=O) groups excluding carboxylic acids is 2. The van der Waals surface area contributed by atoms with Crippen LogP contribution in [0.5, 0.6) is 11.5 Å². The standard InChI is InChI=1S/C25H28F2N4O6S2/c1-15-21(36-3)10-17(11-22(15)37-4)25(33)31(7-5-6-16-8-18(26)12-19(27)9-16)13-23-29-20(14-38-23)24(32)30-39(34,35)28-2/h8-12,14,28H,5-7,13H2,1-4H3,(H,30,32). The van der Waals surface area contributed by atoms with Gasteiger partial charge in [0.15, 0.2) is 0 Å². The molecule has 0 bridgehead atoms. The van der Waals surface area contributed by atoms with Gasteiger partial charge < -0.3 is 14.4 Å². The summed E-state index contributed by atoms with van der Waals surface area (Å²) in [6.45, 7) is 1.97. The van der Waals surface area contributed by atoms with Crippen LogP contribution in [0.3, 0.4) is 0 Å². The maximum absolute atomic E-state index is 13.6. The van der Waals surface area contributed by atoms with Crippen LogP contribution in [-0.2, 0) is 23.2 Å². The highest BCUT2D eigenvalue weighted by Crippen LogP contribution is 2.30. The van der Waals surface area contributed by atoms with Gasteiger partial charge in [0.25, 0.3) is 11.8 Å². The number of ether oxygens (including phenoxy) is 2.